The van der Waals surface area contributed by atoms with E-state index in [4.69, 9.17) is 0 Å². The molecule has 3 nitrogen and oxygen atoms in total. The molecule has 1 heterocycles. The van der Waals surface area contributed by atoms with Crippen molar-refractivity contribution in [2.24, 2.45) is 0 Å². The van der Waals surface area contributed by atoms with E-state index >= 15 is 0 Å². The third-order valence-electron chi connectivity index (χ3n) is 2.51. The molecule has 15 heavy (non-hydrogen) atoms. The summed E-state index contributed by atoms with van der Waals surface area (Å²) in [5.74, 6) is 0.0157. The van der Waals surface area contributed by atoms with Gasteiger partial charge in [-0.25, -0.2) is 0 Å². The molecule has 0 aromatic carbocycles. The fourth-order valence-corrected chi connectivity index (χ4v) is 1.78. The van der Waals surface area contributed by atoms with E-state index in [2.05, 4.69) is 10.2 Å². The van der Waals surface area contributed by atoms with E-state index in [1.54, 1.807) is 6.08 Å². The Balaban J connectivity index is 2.17. The van der Waals surface area contributed by atoms with Crippen LogP contribution in [0.25, 0.3) is 0 Å². The summed E-state index contributed by atoms with van der Waals surface area (Å²) >= 11 is 0. The Morgan fingerprint density at radius 2 is 2.00 bits per heavy atom. The number of likely N-dealkylation sites (tertiary alicyclic amines) is 1. The van der Waals surface area contributed by atoms with Crippen LogP contribution in [-0.2, 0) is 4.79 Å². The first-order valence-corrected chi connectivity index (χ1v) is 5.88. The van der Waals surface area contributed by atoms with Gasteiger partial charge in [0.25, 0.3) is 0 Å². The topological polar surface area (TPSA) is 32.3 Å². The maximum Gasteiger partial charge on any atom is 0.243 e. The van der Waals surface area contributed by atoms with Gasteiger partial charge < -0.3 is 5.32 Å². The molecule has 0 aliphatic carbocycles. The molecule has 1 aliphatic rings. The molecule has 86 valence electrons. The number of rotatable bonds is 4. The minimum absolute atomic E-state index is 0.0157. The highest BCUT2D eigenvalue weighted by molar-refractivity contribution is 5.87. The highest BCUT2D eigenvalue weighted by Gasteiger charge is 2.07. The number of hydrogen-bond acceptors (Lipinski definition) is 2. The molecule has 0 radical (unpaired) electrons. The van der Waals surface area contributed by atoms with Crippen molar-refractivity contribution in [2.75, 3.05) is 19.6 Å². The van der Waals surface area contributed by atoms with Crippen molar-refractivity contribution < 1.29 is 4.79 Å². The first kappa shape index (κ1) is 12.2. The van der Waals surface area contributed by atoms with Crippen molar-refractivity contribution in [3.63, 3.8) is 0 Å². The van der Waals surface area contributed by atoms with Gasteiger partial charge in [-0.1, -0.05) is 12.5 Å². The van der Waals surface area contributed by atoms with E-state index in [1.807, 2.05) is 19.9 Å². The number of carbonyl (C=O) groups is 1. The highest BCUT2D eigenvalue weighted by atomic mass is 16.1. The van der Waals surface area contributed by atoms with Crippen LogP contribution in [0.2, 0.25) is 0 Å². The number of piperidine rings is 1. The van der Waals surface area contributed by atoms with Gasteiger partial charge in [-0.15, -0.1) is 0 Å². The summed E-state index contributed by atoms with van der Waals surface area (Å²) in [6.45, 7) is 7.20. The van der Waals surface area contributed by atoms with Gasteiger partial charge in [0.15, 0.2) is 0 Å². The smallest absolute Gasteiger partial charge is 0.243 e. The van der Waals surface area contributed by atoms with Crippen LogP contribution in [0.4, 0.5) is 0 Å². The lowest BCUT2D eigenvalue weighted by Crippen LogP contribution is -2.31. The molecular formula is C12H22N2O. The van der Waals surface area contributed by atoms with Crippen LogP contribution in [0.15, 0.2) is 12.2 Å². The Labute approximate surface area is 92.5 Å². The van der Waals surface area contributed by atoms with Gasteiger partial charge in [0.05, 0.1) is 0 Å². The molecular weight excluding hydrogens is 188 g/mol. The first-order valence-electron chi connectivity index (χ1n) is 5.88. The van der Waals surface area contributed by atoms with Gasteiger partial charge in [-0.05, 0) is 39.8 Å². The predicted molar refractivity (Wildman–Crippen MR) is 62.7 cm³/mol. The summed E-state index contributed by atoms with van der Waals surface area (Å²) < 4.78 is 0. The van der Waals surface area contributed by atoms with Crippen LogP contribution >= 0.6 is 0 Å². The number of carbonyl (C=O) groups excluding carboxylic acids is 1. The van der Waals surface area contributed by atoms with Crippen molar-refractivity contribution in [1.29, 1.82) is 0 Å². The largest absolute Gasteiger partial charge is 0.350 e. The fraction of sp³-hybridized carbons (Fsp3) is 0.750. The fourth-order valence-electron chi connectivity index (χ4n) is 1.78. The zero-order valence-corrected chi connectivity index (χ0v) is 9.83. The molecule has 1 rings (SSSR count). The predicted octanol–water partition coefficient (Wildman–Crippen LogP) is 1.55. The van der Waals surface area contributed by atoms with Crippen molar-refractivity contribution >= 4 is 5.91 Å². The summed E-state index contributed by atoms with van der Waals surface area (Å²) in [6.07, 6.45) is 7.56. The second-order valence-corrected chi connectivity index (χ2v) is 4.43. The van der Waals surface area contributed by atoms with Gasteiger partial charge in [-0.2, -0.15) is 0 Å². The number of nitrogens with zero attached hydrogens (tertiary/aromatic N) is 1. The van der Waals surface area contributed by atoms with Crippen LogP contribution in [0.1, 0.15) is 33.1 Å². The molecule has 0 unspecified atom stereocenters. The maximum absolute atomic E-state index is 11.3. The van der Waals surface area contributed by atoms with E-state index < -0.39 is 0 Å². The molecule has 0 spiro atoms. The van der Waals surface area contributed by atoms with Crippen LogP contribution in [-0.4, -0.2) is 36.5 Å². The summed E-state index contributed by atoms with van der Waals surface area (Å²) in [6, 6.07) is 0.220. The molecule has 1 aliphatic heterocycles. The van der Waals surface area contributed by atoms with Crippen molar-refractivity contribution in [3.05, 3.63) is 12.2 Å². The quantitative estimate of drug-likeness (QED) is 0.714. The first-order chi connectivity index (χ1) is 7.18. The van der Waals surface area contributed by atoms with E-state index in [1.165, 1.54) is 32.4 Å². The van der Waals surface area contributed by atoms with Gasteiger partial charge in [0.1, 0.15) is 0 Å². The molecule has 1 amide bonds. The second-order valence-electron chi connectivity index (χ2n) is 4.43. The van der Waals surface area contributed by atoms with Crippen LogP contribution in [0.5, 0.6) is 0 Å². The molecule has 1 fully saturated rings. The molecule has 1 N–H and O–H groups in total. The minimum atomic E-state index is 0.0157. The molecule has 0 atom stereocenters. The Morgan fingerprint density at radius 1 is 1.33 bits per heavy atom. The SMILES string of the molecule is CC(C)NC(=O)/C=C/CN1CCCCC1. The Hall–Kier alpha value is -0.830. The van der Waals surface area contributed by atoms with Gasteiger partial charge in [-0.3, -0.25) is 9.69 Å². The monoisotopic (exact) mass is 210 g/mol. The summed E-state index contributed by atoms with van der Waals surface area (Å²) in [5, 5.41) is 2.84. The molecule has 0 aromatic heterocycles. The van der Waals surface area contributed by atoms with Gasteiger partial charge in [0.2, 0.25) is 5.91 Å². The minimum Gasteiger partial charge on any atom is -0.350 e. The highest BCUT2D eigenvalue weighted by Crippen LogP contribution is 2.07. The summed E-state index contributed by atoms with van der Waals surface area (Å²) in [4.78, 5) is 13.7. The van der Waals surface area contributed by atoms with Crippen molar-refractivity contribution in [1.82, 2.24) is 10.2 Å². The van der Waals surface area contributed by atoms with Crippen LogP contribution in [0, 0.1) is 0 Å². The number of amides is 1. The Bertz CT molecular complexity index is 218. The Kier molecular flexibility index (Phi) is 5.40. The number of hydrogen-bond donors (Lipinski definition) is 1. The van der Waals surface area contributed by atoms with E-state index in [9.17, 15) is 4.79 Å². The zero-order chi connectivity index (χ0) is 11.1. The molecule has 0 bridgehead atoms. The molecule has 3 heteroatoms. The lowest BCUT2D eigenvalue weighted by molar-refractivity contribution is -0.116. The van der Waals surface area contributed by atoms with E-state index in [-0.39, 0.29) is 11.9 Å². The van der Waals surface area contributed by atoms with E-state index in [0.717, 1.165) is 6.54 Å². The lowest BCUT2D eigenvalue weighted by Gasteiger charge is -2.24. The molecule has 0 saturated carbocycles. The lowest BCUT2D eigenvalue weighted by atomic mass is 10.1. The average Bonchev–Trinajstić information content (AvgIpc) is 2.18. The molecule has 0 aromatic rings. The third-order valence-corrected chi connectivity index (χ3v) is 2.51. The summed E-state index contributed by atoms with van der Waals surface area (Å²) in [7, 11) is 0. The Morgan fingerprint density at radius 3 is 2.60 bits per heavy atom. The third kappa shape index (κ3) is 5.57. The van der Waals surface area contributed by atoms with E-state index in [0.29, 0.717) is 0 Å². The molecule has 1 saturated heterocycles. The van der Waals surface area contributed by atoms with Gasteiger partial charge in [0, 0.05) is 18.7 Å². The van der Waals surface area contributed by atoms with Crippen LogP contribution < -0.4 is 5.32 Å². The normalized spacial score (nSPS) is 18.6. The van der Waals surface area contributed by atoms with Gasteiger partial charge >= 0.3 is 0 Å². The maximum atomic E-state index is 11.3. The van der Waals surface area contributed by atoms with Crippen molar-refractivity contribution in [2.45, 2.75) is 39.2 Å². The zero-order valence-electron chi connectivity index (χ0n) is 9.83. The van der Waals surface area contributed by atoms with Crippen LogP contribution in [0.3, 0.4) is 0 Å². The standard InChI is InChI=1S/C12H22N2O/c1-11(2)13-12(15)7-6-10-14-8-4-3-5-9-14/h6-7,11H,3-5,8-10H2,1-2H3,(H,13,15)/b7-6+. The average molecular weight is 210 g/mol. The number of nitrogens with one attached hydrogen (secondary N) is 1. The summed E-state index contributed by atoms with van der Waals surface area (Å²) in [5.41, 5.74) is 0. The second kappa shape index (κ2) is 6.62. The van der Waals surface area contributed by atoms with Crippen molar-refractivity contribution in [3.8, 4) is 0 Å².